The van der Waals surface area contributed by atoms with Crippen LogP contribution in [0, 0.1) is 29.6 Å². The first kappa shape index (κ1) is 12.5. The van der Waals surface area contributed by atoms with Crippen LogP contribution in [0.2, 0.25) is 0 Å². The average molecular weight is 222 g/mol. The molecule has 0 heteroatoms. The van der Waals surface area contributed by atoms with Gasteiger partial charge in [-0.25, -0.2) is 0 Å². The van der Waals surface area contributed by atoms with Gasteiger partial charge in [0, 0.05) is 0 Å². The van der Waals surface area contributed by atoms with Crippen molar-refractivity contribution in [2.75, 3.05) is 0 Å². The molecule has 0 saturated heterocycles. The molecule has 0 bridgehead atoms. The zero-order valence-electron chi connectivity index (χ0n) is 11.5. The quantitative estimate of drug-likeness (QED) is 0.596. The van der Waals surface area contributed by atoms with E-state index in [1.807, 2.05) is 0 Å². The molecule has 0 nitrogen and oxygen atoms in total. The van der Waals surface area contributed by atoms with E-state index in [1.54, 1.807) is 0 Å². The molecule has 0 heterocycles. The summed E-state index contributed by atoms with van der Waals surface area (Å²) in [6.45, 7) is 7.56. The van der Waals surface area contributed by atoms with E-state index < -0.39 is 0 Å². The molecule has 0 radical (unpaired) electrons. The second-order valence-electron chi connectivity index (χ2n) is 6.69. The Morgan fingerprint density at radius 3 is 2.19 bits per heavy atom. The van der Waals surface area contributed by atoms with Crippen molar-refractivity contribution in [2.45, 2.75) is 72.1 Å². The van der Waals surface area contributed by atoms with E-state index in [4.69, 9.17) is 0 Å². The Bertz CT molecular complexity index is 202. The van der Waals surface area contributed by atoms with Crippen molar-refractivity contribution in [1.29, 1.82) is 0 Å². The summed E-state index contributed by atoms with van der Waals surface area (Å²) in [6.07, 6.45) is 12.1. The molecule has 2 rings (SSSR count). The Labute approximate surface area is 102 Å². The third-order valence-electron chi connectivity index (χ3n) is 5.84. The average Bonchev–Trinajstić information content (AvgIpc) is 2.33. The number of hydrogen-bond acceptors (Lipinski definition) is 0. The van der Waals surface area contributed by atoms with Crippen LogP contribution in [0.4, 0.5) is 0 Å². The largest absolute Gasteiger partial charge is 0.0622 e. The second-order valence-corrected chi connectivity index (χ2v) is 6.69. The Morgan fingerprint density at radius 2 is 1.50 bits per heavy atom. The Balaban J connectivity index is 1.93. The van der Waals surface area contributed by atoms with Gasteiger partial charge in [-0.2, -0.15) is 0 Å². The lowest BCUT2D eigenvalue weighted by Gasteiger charge is -2.42. The summed E-state index contributed by atoms with van der Waals surface area (Å²) < 4.78 is 0. The number of hydrogen-bond donors (Lipinski definition) is 0. The molecule has 2 fully saturated rings. The van der Waals surface area contributed by atoms with Gasteiger partial charge >= 0.3 is 0 Å². The van der Waals surface area contributed by atoms with Crippen LogP contribution in [-0.2, 0) is 0 Å². The fourth-order valence-electron chi connectivity index (χ4n) is 4.37. The van der Waals surface area contributed by atoms with Gasteiger partial charge in [0.25, 0.3) is 0 Å². The minimum Gasteiger partial charge on any atom is -0.0622 e. The van der Waals surface area contributed by atoms with Crippen LogP contribution in [0.5, 0.6) is 0 Å². The lowest BCUT2D eigenvalue weighted by molar-refractivity contribution is 0.0832. The summed E-state index contributed by atoms with van der Waals surface area (Å²) >= 11 is 0. The van der Waals surface area contributed by atoms with Gasteiger partial charge in [0.15, 0.2) is 0 Å². The zero-order valence-corrected chi connectivity index (χ0v) is 11.5. The molecule has 16 heavy (non-hydrogen) atoms. The lowest BCUT2D eigenvalue weighted by atomic mass is 9.64. The standard InChI is InChI=1S/C16H30/c1-12-8-7-11-16(13(12)2)14(3)15-9-5-4-6-10-15/h12-16H,4-11H2,1-3H3. The van der Waals surface area contributed by atoms with Crippen LogP contribution in [-0.4, -0.2) is 0 Å². The van der Waals surface area contributed by atoms with Crippen molar-refractivity contribution in [3.05, 3.63) is 0 Å². The van der Waals surface area contributed by atoms with Gasteiger partial charge in [-0.05, 0) is 36.0 Å². The third-order valence-corrected chi connectivity index (χ3v) is 5.84. The molecule has 2 aliphatic rings. The number of rotatable bonds is 2. The Kier molecular flexibility index (Phi) is 4.33. The van der Waals surface area contributed by atoms with Crippen molar-refractivity contribution in [3.63, 3.8) is 0 Å². The molecule has 2 saturated carbocycles. The maximum atomic E-state index is 2.56. The predicted octanol–water partition coefficient (Wildman–Crippen LogP) is 5.28. The molecule has 0 aromatic heterocycles. The first-order valence-corrected chi connectivity index (χ1v) is 7.70. The summed E-state index contributed by atoms with van der Waals surface area (Å²) in [5, 5.41) is 0. The summed E-state index contributed by atoms with van der Waals surface area (Å²) in [5.74, 6) is 5.05. The maximum absolute atomic E-state index is 2.56. The summed E-state index contributed by atoms with van der Waals surface area (Å²) in [7, 11) is 0. The molecule has 4 atom stereocenters. The van der Waals surface area contributed by atoms with Gasteiger partial charge in [-0.1, -0.05) is 65.7 Å². The molecule has 0 aromatic rings. The van der Waals surface area contributed by atoms with Crippen LogP contribution >= 0.6 is 0 Å². The zero-order chi connectivity index (χ0) is 11.5. The smallest absolute Gasteiger partial charge is 0.0357 e. The van der Waals surface area contributed by atoms with Gasteiger partial charge in [-0.3, -0.25) is 0 Å². The normalized spacial score (nSPS) is 39.6. The van der Waals surface area contributed by atoms with Crippen LogP contribution in [0.1, 0.15) is 72.1 Å². The summed E-state index contributed by atoms with van der Waals surface area (Å²) in [6, 6.07) is 0. The molecule has 0 N–H and O–H groups in total. The first-order chi connectivity index (χ1) is 7.70. The highest BCUT2D eigenvalue weighted by Gasteiger charge is 2.34. The van der Waals surface area contributed by atoms with Gasteiger partial charge < -0.3 is 0 Å². The van der Waals surface area contributed by atoms with Crippen molar-refractivity contribution in [1.82, 2.24) is 0 Å². The SMILES string of the molecule is CC1CCCC(C(C)C2CCCCC2)C1C. The van der Waals surface area contributed by atoms with E-state index in [0.717, 1.165) is 29.6 Å². The minimum atomic E-state index is 0.977. The highest BCUT2D eigenvalue weighted by molar-refractivity contribution is 4.84. The van der Waals surface area contributed by atoms with Gasteiger partial charge in [0.1, 0.15) is 0 Å². The van der Waals surface area contributed by atoms with Crippen molar-refractivity contribution >= 4 is 0 Å². The molecule has 0 amide bonds. The second kappa shape index (κ2) is 5.56. The molecule has 0 aliphatic heterocycles. The van der Waals surface area contributed by atoms with Crippen LogP contribution in [0.15, 0.2) is 0 Å². The Morgan fingerprint density at radius 1 is 0.812 bits per heavy atom. The minimum absolute atomic E-state index is 0.977. The molecule has 0 spiro atoms. The molecule has 94 valence electrons. The van der Waals surface area contributed by atoms with E-state index in [-0.39, 0.29) is 0 Å². The van der Waals surface area contributed by atoms with Crippen LogP contribution in [0.25, 0.3) is 0 Å². The molecular weight excluding hydrogens is 192 g/mol. The van der Waals surface area contributed by atoms with E-state index in [2.05, 4.69) is 20.8 Å². The van der Waals surface area contributed by atoms with Crippen molar-refractivity contribution in [2.24, 2.45) is 29.6 Å². The van der Waals surface area contributed by atoms with E-state index in [9.17, 15) is 0 Å². The van der Waals surface area contributed by atoms with E-state index in [1.165, 1.54) is 51.4 Å². The van der Waals surface area contributed by atoms with E-state index >= 15 is 0 Å². The topological polar surface area (TPSA) is 0 Å². The highest BCUT2D eigenvalue weighted by Crippen LogP contribution is 2.44. The van der Waals surface area contributed by atoms with Crippen molar-refractivity contribution < 1.29 is 0 Å². The summed E-state index contributed by atoms with van der Waals surface area (Å²) in [5.41, 5.74) is 0. The van der Waals surface area contributed by atoms with E-state index in [0.29, 0.717) is 0 Å². The molecule has 0 aromatic carbocycles. The fraction of sp³-hybridized carbons (Fsp3) is 1.00. The maximum Gasteiger partial charge on any atom is -0.0357 e. The van der Waals surface area contributed by atoms with Crippen LogP contribution in [0.3, 0.4) is 0 Å². The monoisotopic (exact) mass is 222 g/mol. The van der Waals surface area contributed by atoms with Gasteiger partial charge in [0.2, 0.25) is 0 Å². The molecule has 2 aliphatic carbocycles. The van der Waals surface area contributed by atoms with Crippen LogP contribution < -0.4 is 0 Å². The first-order valence-electron chi connectivity index (χ1n) is 7.70. The summed E-state index contributed by atoms with van der Waals surface area (Å²) in [4.78, 5) is 0. The van der Waals surface area contributed by atoms with Gasteiger partial charge in [0.05, 0.1) is 0 Å². The fourth-order valence-corrected chi connectivity index (χ4v) is 4.37. The van der Waals surface area contributed by atoms with Gasteiger partial charge in [-0.15, -0.1) is 0 Å². The molecule has 4 unspecified atom stereocenters. The highest BCUT2D eigenvalue weighted by atomic mass is 14.4. The van der Waals surface area contributed by atoms with Crippen molar-refractivity contribution in [3.8, 4) is 0 Å². The Hall–Kier alpha value is 0. The third kappa shape index (κ3) is 2.63. The molecular formula is C16H30. The lowest BCUT2D eigenvalue weighted by Crippen LogP contribution is -2.33. The predicted molar refractivity (Wildman–Crippen MR) is 71.4 cm³/mol.